The Kier molecular flexibility index (Phi) is 5.92. The molecule has 4 nitrogen and oxygen atoms in total. The van der Waals surface area contributed by atoms with Crippen LogP contribution in [0.1, 0.15) is 45.6 Å². The minimum absolute atomic E-state index is 0.0121. The van der Waals surface area contributed by atoms with E-state index in [1.165, 1.54) is 0 Å². The van der Waals surface area contributed by atoms with E-state index in [4.69, 9.17) is 11.6 Å². The molecule has 0 radical (unpaired) electrons. The van der Waals surface area contributed by atoms with Gasteiger partial charge in [-0.1, -0.05) is 29.8 Å². The topological polar surface area (TPSA) is 49.4 Å². The predicted octanol–water partition coefficient (Wildman–Crippen LogP) is 4.34. The van der Waals surface area contributed by atoms with Gasteiger partial charge < -0.3 is 10.2 Å². The molecular weight excluding hydrogens is 380 g/mol. The first kappa shape index (κ1) is 20.3. The summed E-state index contributed by atoms with van der Waals surface area (Å²) in [5.74, 6) is 0.0812. The molecule has 2 fully saturated rings. The number of thioether (sulfide) groups is 1. The third-order valence-corrected chi connectivity index (χ3v) is 6.87. The summed E-state index contributed by atoms with van der Waals surface area (Å²) < 4.78 is 0. The van der Waals surface area contributed by atoms with Crippen molar-refractivity contribution in [1.29, 1.82) is 0 Å². The first-order valence-corrected chi connectivity index (χ1v) is 10.6. The van der Waals surface area contributed by atoms with Crippen molar-refractivity contribution in [2.75, 3.05) is 7.05 Å². The van der Waals surface area contributed by atoms with Gasteiger partial charge in [0.1, 0.15) is 0 Å². The molecule has 1 aliphatic heterocycles. The highest BCUT2D eigenvalue weighted by atomic mass is 35.5. The molecule has 2 aliphatic rings. The summed E-state index contributed by atoms with van der Waals surface area (Å²) in [6.45, 7) is 5.98. The van der Waals surface area contributed by atoms with Gasteiger partial charge in [0.2, 0.25) is 5.91 Å². The quantitative estimate of drug-likeness (QED) is 0.743. The third kappa shape index (κ3) is 4.69. The Bertz CT molecular complexity index is 772. The van der Waals surface area contributed by atoms with E-state index < -0.39 is 0 Å². The van der Waals surface area contributed by atoms with E-state index >= 15 is 0 Å². The molecule has 1 N–H and O–H groups in total. The number of nitrogens with one attached hydrogen (secondary N) is 1. The molecule has 3 unspecified atom stereocenters. The highest BCUT2D eigenvalue weighted by molar-refractivity contribution is 8.04. The fourth-order valence-electron chi connectivity index (χ4n) is 3.74. The van der Waals surface area contributed by atoms with Crippen LogP contribution in [0, 0.1) is 5.92 Å². The molecule has 1 aromatic rings. The van der Waals surface area contributed by atoms with E-state index in [-0.39, 0.29) is 29.3 Å². The number of halogens is 1. The summed E-state index contributed by atoms with van der Waals surface area (Å²) in [6.07, 6.45) is 4.40. The first-order valence-electron chi connectivity index (χ1n) is 9.38. The molecule has 6 heteroatoms. The van der Waals surface area contributed by atoms with Crippen molar-refractivity contribution in [2.45, 2.75) is 56.9 Å². The van der Waals surface area contributed by atoms with Gasteiger partial charge in [-0.15, -0.1) is 11.8 Å². The van der Waals surface area contributed by atoms with E-state index in [9.17, 15) is 9.59 Å². The lowest BCUT2D eigenvalue weighted by molar-refractivity contribution is -0.132. The highest BCUT2D eigenvalue weighted by Gasteiger charge is 2.43. The molecule has 0 aromatic heterocycles. The largest absolute Gasteiger partial charge is 0.351 e. The summed E-state index contributed by atoms with van der Waals surface area (Å²) >= 11 is 7.89. The van der Waals surface area contributed by atoms with Crippen molar-refractivity contribution < 1.29 is 9.59 Å². The SMILES string of the molecule is CN1C(=O)/C(=C/c2ccccc2Cl)SC2CCC(C(=O)NC(C)(C)C)CC21. The molecule has 146 valence electrons. The predicted molar refractivity (Wildman–Crippen MR) is 113 cm³/mol. The molecule has 2 amide bonds. The number of carbonyl (C=O) groups excluding carboxylic acids is 2. The van der Waals surface area contributed by atoms with Crippen LogP contribution in [-0.4, -0.2) is 40.6 Å². The molecule has 1 saturated carbocycles. The Balaban J connectivity index is 1.75. The van der Waals surface area contributed by atoms with Gasteiger partial charge in [0.25, 0.3) is 5.91 Å². The van der Waals surface area contributed by atoms with Crippen LogP contribution in [-0.2, 0) is 9.59 Å². The fraction of sp³-hybridized carbons (Fsp3) is 0.524. The molecule has 0 bridgehead atoms. The lowest BCUT2D eigenvalue weighted by Gasteiger charge is -2.44. The Labute approximate surface area is 170 Å². The van der Waals surface area contributed by atoms with Crippen molar-refractivity contribution in [3.63, 3.8) is 0 Å². The van der Waals surface area contributed by atoms with E-state index in [0.717, 1.165) is 29.7 Å². The van der Waals surface area contributed by atoms with Crippen LogP contribution in [0.3, 0.4) is 0 Å². The van der Waals surface area contributed by atoms with Gasteiger partial charge in [0.05, 0.1) is 4.91 Å². The van der Waals surface area contributed by atoms with Gasteiger partial charge in [0.15, 0.2) is 0 Å². The molecule has 1 saturated heterocycles. The van der Waals surface area contributed by atoms with E-state index in [1.807, 2.05) is 63.1 Å². The van der Waals surface area contributed by atoms with E-state index in [0.29, 0.717) is 10.3 Å². The van der Waals surface area contributed by atoms with Crippen LogP contribution in [0.2, 0.25) is 5.02 Å². The van der Waals surface area contributed by atoms with Gasteiger partial charge in [-0.25, -0.2) is 0 Å². The molecular formula is C21H27ClN2O2S. The minimum atomic E-state index is -0.234. The maximum absolute atomic E-state index is 12.9. The zero-order chi connectivity index (χ0) is 19.8. The highest BCUT2D eigenvalue weighted by Crippen LogP contribution is 2.43. The third-order valence-electron chi connectivity index (χ3n) is 5.12. The summed E-state index contributed by atoms with van der Waals surface area (Å²) in [6, 6.07) is 7.64. The second kappa shape index (κ2) is 7.88. The van der Waals surface area contributed by atoms with Gasteiger partial charge in [-0.2, -0.15) is 0 Å². The average Bonchev–Trinajstić information content (AvgIpc) is 2.59. The summed E-state index contributed by atoms with van der Waals surface area (Å²) in [4.78, 5) is 28.0. The van der Waals surface area contributed by atoms with Crippen molar-refractivity contribution in [3.8, 4) is 0 Å². The van der Waals surface area contributed by atoms with E-state index in [2.05, 4.69) is 5.32 Å². The van der Waals surface area contributed by atoms with E-state index in [1.54, 1.807) is 11.8 Å². The van der Waals surface area contributed by atoms with Gasteiger partial charge in [-0.05, 0) is 57.7 Å². The number of carbonyl (C=O) groups is 2. The fourth-order valence-corrected chi connectivity index (χ4v) is 5.40. The second-order valence-electron chi connectivity index (χ2n) is 8.42. The standard InChI is InChI=1S/C21H27ClN2O2S/c1-21(2,3)23-19(25)14-9-10-17-16(11-14)24(4)20(26)18(27-17)12-13-7-5-6-8-15(13)22/h5-8,12,14,16-17H,9-11H2,1-4H3,(H,23,25)/b18-12-. The maximum Gasteiger partial charge on any atom is 0.260 e. The average molecular weight is 407 g/mol. The minimum Gasteiger partial charge on any atom is -0.351 e. The molecule has 1 aromatic carbocycles. The van der Waals surface area contributed by atoms with Gasteiger partial charge >= 0.3 is 0 Å². The number of nitrogens with zero attached hydrogens (tertiary/aromatic N) is 1. The summed E-state index contributed by atoms with van der Waals surface area (Å²) in [5.41, 5.74) is 0.627. The lowest BCUT2D eigenvalue weighted by atomic mass is 9.83. The zero-order valence-electron chi connectivity index (χ0n) is 16.3. The Morgan fingerprint density at radius 3 is 2.67 bits per heavy atom. The van der Waals surface area contributed by atoms with Crippen molar-refractivity contribution in [1.82, 2.24) is 10.2 Å². The van der Waals surface area contributed by atoms with Crippen LogP contribution in [0.5, 0.6) is 0 Å². The Hall–Kier alpha value is -1.46. The maximum atomic E-state index is 12.9. The number of likely N-dealkylation sites (N-methyl/N-ethyl adjacent to an activating group) is 1. The Morgan fingerprint density at radius 1 is 1.30 bits per heavy atom. The van der Waals surface area contributed by atoms with Crippen LogP contribution in [0.4, 0.5) is 0 Å². The summed E-state index contributed by atoms with van der Waals surface area (Å²) in [7, 11) is 1.85. The number of rotatable bonds is 2. The van der Waals surface area contributed by atoms with Crippen LogP contribution in [0.25, 0.3) is 6.08 Å². The molecule has 3 atom stereocenters. The molecule has 1 aliphatic carbocycles. The molecule has 1 heterocycles. The van der Waals surface area contributed by atoms with Crippen molar-refractivity contribution in [3.05, 3.63) is 39.8 Å². The molecule has 27 heavy (non-hydrogen) atoms. The number of hydrogen-bond acceptors (Lipinski definition) is 3. The first-order chi connectivity index (χ1) is 12.7. The number of benzene rings is 1. The zero-order valence-corrected chi connectivity index (χ0v) is 17.9. The van der Waals surface area contributed by atoms with Gasteiger partial charge in [0, 0.05) is 34.8 Å². The van der Waals surface area contributed by atoms with Crippen molar-refractivity contribution in [2.24, 2.45) is 5.92 Å². The van der Waals surface area contributed by atoms with Crippen molar-refractivity contribution >= 4 is 41.3 Å². The smallest absolute Gasteiger partial charge is 0.260 e. The van der Waals surface area contributed by atoms with Crippen LogP contribution in [0.15, 0.2) is 29.2 Å². The summed E-state index contributed by atoms with van der Waals surface area (Å²) in [5, 5.41) is 4.05. The number of amides is 2. The Morgan fingerprint density at radius 2 is 2.00 bits per heavy atom. The number of hydrogen-bond donors (Lipinski definition) is 1. The van der Waals surface area contributed by atoms with Crippen LogP contribution >= 0.6 is 23.4 Å². The lowest BCUT2D eigenvalue weighted by Crippen LogP contribution is -2.53. The normalized spacial score (nSPS) is 27.4. The van der Waals surface area contributed by atoms with Gasteiger partial charge in [-0.3, -0.25) is 9.59 Å². The number of fused-ring (bicyclic) bond motifs is 1. The monoisotopic (exact) mass is 406 g/mol. The second-order valence-corrected chi connectivity index (χ2v) is 10.1. The molecule has 0 spiro atoms. The van der Waals surface area contributed by atoms with Crippen LogP contribution < -0.4 is 5.32 Å². The molecule has 3 rings (SSSR count).